The highest BCUT2D eigenvalue weighted by molar-refractivity contribution is 7.88. The molecule has 2 aromatic rings. The van der Waals surface area contributed by atoms with Crippen molar-refractivity contribution in [1.82, 2.24) is 24.1 Å². The molecular weight excluding hydrogens is 528 g/mol. The molecule has 2 saturated heterocycles. The van der Waals surface area contributed by atoms with Crippen LogP contribution in [0, 0.1) is 0 Å². The van der Waals surface area contributed by atoms with Crippen LogP contribution < -0.4 is 4.90 Å². The number of aromatic nitrogens is 2. The molecule has 5 rings (SSSR count). The second kappa shape index (κ2) is 11.1. The second-order valence-corrected chi connectivity index (χ2v) is 12.9. The van der Waals surface area contributed by atoms with Gasteiger partial charge in [-0.1, -0.05) is 30.7 Å². The van der Waals surface area contributed by atoms with Crippen molar-refractivity contribution < 1.29 is 18.3 Å². The van der Waals surface area contributed by atoms with E-state index in [0.29, 0.717) is 50.7 Å². The Labute approximate surface area is 229 Å². The lowest BCUT2D eigenvalue weighted by molar-refractivity contribution is -0.113. The first kappa shape index (κ1) is 27.4. The quantitative estimate of drug-likeness (QED) is 0.504. The Bertz CT molecular complexity index is 1250. The predicted molar refractivity (Wildman–Crippen MR) is 146 cm³/mol. The maximum absolute atomic E-state index is 12.6. The van der Waals surface area contributed by atoms with E-state index in [4.69, 9.17) is 11.6 Å². The number of aliphatic hydroxyl groups excluding tert-OH is 1. The van der Waals surface area contributed by atoms with Crippen LogP contribution in [0.5, 0.6) is 0 Å². The van der Waals surface area contributed by atoms with Crippen LogP contribution in [0.2, 0.25) is 5.02 Å². The number of aldehydes is 1. The van der Waals surface area contributed by atoms with Gasteiger partial charge in [0.15, 0.2) is 0 Å². The number of carbonyl (C=O) groups is 1. The molecule has 206 valence electrons. The fourth-order valence-electron chi connectivity index (χ4n) is 6.14. The maximum Gasteiger partial charge on any atom is 0.211 e. The van der Waals surface area contributed by atoms with Gasteiger partial charge in [0, 0.05) is 62.9 Å². The topological polar surface area (TPSA) is 110 Å². The van der Waals surface area contributed by atoms with Crippen molar-refractivity contribution in [2.45, 2.75) is 37.5 Å². The minimum Gasteiger partial charge on any atom is -0.387 e. The minimum atomic E-state index is -3.26. The van der Waals surface area contributed by atoms with E-state index >= 15 is 0 Å². The molecule has 10 nitrogen and oxygen atoms in total. The van der Waals surface area contributed by atoms with Crippen LogP contribution >= 0.6 is 11.6 Å². The molecule has 38 heavy (non-hydrogen) atoms. The normalized spacial score (nSPS) is 25.2. The third kappa shape index (κ3) is 5.45. The molecule has 0 saturated carbocycles. The third-order valence-electron chi connectivity index (χ3n) is 8.11. The summed E-state index contributed by atoms with van der Waals surface area (Å²) in [5.41, 5.74) is 2.66. The molecule has 12 heteroatoms. The third-order valence-corrected chi connectivity index (χ3v) is 9.66. The lowest BCUT2D eigenvalue weighted by Gasteiger charge is -2.48. The molecule has 0 spiro atoms. The molecule has 3 aliphatic rings. The first-order chi connectivity index (χ1) is 18.2. The van der Waals surface area contributed by atoms with Crippen LogP contribution in [-0.2, 0) is 14.8 Å². The van der Waals surface area contributed by atoms with Crippen molar-refractivity contribution in [3.8, 4) is 0 Å². The highest BCUT2D eigenvalue weighted by Crippen LogP contribution is 2.43. The summed E-state index contributed by atoms with van der Waals surface area (Å²) in [5, 5.41) is 11.0. The molecule has 0 bridgehead atoms. The largest absolute Gasteiger partial charge is 0.387 e. The van der Waals surface area contributed by atoms with Gasteiger partial charge in [0.25, 0.3) is 0 Å². The Morgan fingerprint density at radius 1 is 1.00 bits per heavy atom. The van der Waals surface area contributed by atoms with Gasteiger partial charge in [-0.15, -0.1) is 0 Å². The molecule has 4 atom stereocenters. The number of sulfonamides is 1. The number of carbonyl (C=O) groups excluding carboxylic acids is 1. The molecule has 0 amide bonds. The SMILES string of the molecule is C[C@@H]1C[C@@H](O)c2ncnc(N3CCN(C(C(C=O)c4ccc(Cl)cc4)N4CCN(S(C)(=O)=O)CC4)CC3)c21. The van der Waals surface area contributed by atoms with Crippen LogP contribution in [0.1, 0.15) is 48.1 Å². The molecular formula is C26H35ClN6O4S. The van der Waals surface area contributed by atoms with E-state index in [9.17, 15) is 18.3 Å². The van der Waals surface area contributed by atoms with E-state index in [1.165, 1.54) is 16.9 Å². The van der Waals surface area contributed by atoms with E-state index in [2.05, 4.69) is 31.6 Å². The molecule has 1 aromatic carbocycles. The van der Waals surface area contributed by atoms with Gasteiger partial charge in [-0.25, -0.2) is 18.4 Å². The fraction of sp³-hybridized carbons (Fsp3) is 0.577. The summed E-state index contributed by atoms with van der Waals surface area (Å²) in [4.78, 5) is 28.4. The average Bonchev–Trinajstić information content (AvgIpc) is 3.21. The van der Waals surface area contributed by atoms with E-state index < -0.39 is 22.0 Å². The smallest absolute Gasteiger partial charge is 0.211 e. The van der Waals surface area contributed by atoms with Crippen LogP contribution in [0.15, 0.2) is 30.6 Å². The van der Waals surface area contributed by atoms with Crippen molar-refractivity contribution in [3.05, 3.63) is 52.4 Å². The van der Waals surface area contributed by atoms with Crippen LogP contribution in [0.3, 0.4) is 0 Å². The van der Waals surface area contributed by atoms with Gasteiger partial charge in [0.1, 0.15) is 18.4 Å². The minimum absolute atomic E-state index is 0.192. The van der Waals surface area contributed by atoms with Gasteiger partial charge in [-0.3, -0.25) is 9.80 Å². The summed E-state index contributed by atoms with van der Waals surface area (Å²) in [6.07, 6.45) is 3.67. The number of halogens is 1. The van der Waals surface area contributed by atoms with E-state index in [1.54, 1.807) is 12.1 Å². The average molecular weight is 563 g/mol. The zero-order valence-corrected chi connectivity index (χ0v) is 23.4. The van der Waals surface area contributed by atoms with E-state index in [1.807, 2.05) is 12.1 Å². The summed E-state index contributed by atoms with van der Waals surface area (Å²) < 4.78 is 25.7. The lowest BCUT2D eigenvalue weighted by Crippen LogP contribution is -2.62. The van der Waals surface area contributed by atoms with Crippen molar-refractivity contribution >= 4 is 33.7 Å². The number of anilines is 1. The summed E-state index contributed by atoms with van der Waals surface area (Å²) in [6.45, 7) is 6.86. The van der Waals surface area contributed by atoms with E-state index in [0.717, 1.165) is 42.0 Å². The van der Waals surface area contributed by atoms with Gasteiger partial charge in [-0.2, -0.15) is 4.31 Å². The molecule has 0 radical (unpaired) electrons. The lowest BCUT2D eigenvalue weighted by atomic mass is 9.94. The molecule has 1 aromatic heterocycles. The number of nitrogens with zero attached hydrogens (tertiary/aromatic N) is 6. The standard InChI is InChI=1S/C26H35ClN6O4S/c1-18-15-22(35)24-23(18)25(29-17-28-24)30-7-9-31(10-8-30)26(21(16-34)19-3-5-20(27)6-4-19)32-11-13-33(14-12-32)38(2,36)37/h3-6,16-18,21-22,26,35H,7-15H2,1-2H3/t18-,21?,22-,26?/m1/s1. The number of piperazine rings is 2. The number of fused-ring (bicyclic) bond motifs is 1. The number of benzene rings is 1. The van der Waals surface area contributed by atoms with Crippen molar-refractivity contribution in [1.29, 1.82) is 0 Å². The highest BCUT2D eigenvalue weighted by Gasteiger charge is 2.39. The number of aliphatic hydroxyl groups is 1. The monoisotopic (exact) mass is 562 g/mol. The summed E-state index contributed by atoms with van der Waals surface area (Å²) in [7, 11) is -3.26. The predicted octanol–water partition coefficient (Wildman–Crippen LogP) is 1.68. The van der Waals surface area contributed by atoms with Crippen molar-refractivity contribution in [2.75, 3.05) is 63.5 Å². The van der Waals surface area contributed by atoms with Crippen molar-refractivity contribution in [2.24, 2.45) is 0 Å². The molecule has 2 unspecified atom stereocenters. The second-order valence-electron chi connectivity index (χ2n) is 10.5. The fourth-order valence-corrected chi connectivity index (χ4v) is 7.10. The van der Waals surface area contributed by atoms with Gasteiger partial charge in [0.05, 0.1) is 30.1 Å². The Morgan fingerprint density at radius 3 is 2.18 bits per heavy atom. The van der Waals surface area contributed by atoms with Crippen LogP contribution in [0.25, 0.3) is 0 Å². The number of hydrogen-bond acceptors (Lipinski definition) is 9. The summed E-state index contributed by atoms with van der Waals surface area (Å²) >= 11 is 6.13. The Hall–Kier alpha value is -2.15. The molecule has 2 fully saturated rings. The number of rotatable bonds is 7. The molecule has 3 heterocycles. The van der Waals surface area contributed by atoms with Gasteiger partial charge < -0.3 is 14.8 Å². The van der Waals surface area contributed by atoms with Gasteiger partial charge >= 0.3 is 0 Å². The maximum atomic E-state index is 12.6. The Kier molecular flexibility index (Phi) is 8.04. The summed E-state index contributed by atoms with van der Waals surface area (Å²) in [6, 6.07) is 7.40. The first-order valence-corrected chi connectivity index (χ1v) is 15.3. The summed E-state index contributed by atoms with van der Waals surface area (Å²) in [5.74, 6) is 0.668. The van der Waals surface area contributed by atoms with E-state index in [-0.39, 0.29) is 12.1 Å². The Balaban J connectivity index is 1.38. The van der Waals surface area contributed by atoms with Crippen LogP contribution in [-0.4, -0.2) is 109 Å². The zero-order valence-electron chi connectivity index (χ0n) is 21.8. The van der Waals surface area contributed by atoms with Gasteiger partial charge in [0.2, 0.25) is 10.0 Å². The van der Waals surface area contributed by atoms with Crippen LogP contribution in [0.4, 0.5) is 5.82 Å². The molecule has 1 N–H and O–H groups in total. The molecule has 2 aliphatic heterocycles. The number of hydrogen-bond donors (Lipinski definition) is 1. The highest BCUT2D eigenvalue weighted by atomic mass is 35.5. The van der Waals surface area contributed by atoms with Crippen molar-refractivity contribution in [3.63, 3.8) is 0 Å². The zero-order chi connectivity index (χ0) is 27.0. The molecule has 1 aliphatic carbocycles. The Morgan fingerprint density at radius 2 is 1.61 bits per heavy atom. The van der Waals surface area contributed by atoms with Gasteiger partial charge in [-0.05, 0) is 30.0 Å². The first-order valence-electron chi connectivity index (χ1n) is 13.1.